The molecular weight excluding hydrogens is 411 g/mol. The van der Waals surface area contributed by atoms with E-state index in [-0.39, 0.29) is 23.4 Å². The first-order chi connectivity index (χ1) is 15.6. The Labute approximate surface area is 184 Å². The van der Waals surface area contributed by atoms with Gasteiger partial charge >= 0.3 is 0 Å². The number of amides is 1. The van der Waals surface area contributed by atoms with Gasteiger partial charge in [0.2, 0.25) is 0 Å². The normalized spacial score (nSPS) is 18.8. The topological polar surface area (TPSA) is 89.1 Å². The molecule has 0 saturated carbocycles. The maximum atomic E-state index is 14.1. The lowest BCUT2D eigenvalue weighted by Crippen LogP contribution is -2.51. The molecule has 4 aromatic rings. The minimum absolute atomic E-state index is 0.104. The van der Waals surface area contributed by atoms with Crippen LogP contribution in [-0.2, 0) is 0 Å². The predicted octanol–water partition coefficient (Wildman–Crippen LogP) is 3.90. The minimum Gasteiger partial charge on any atom is -0.424 e. The molecule has 0 bridgehead atoms. The summed E-state index contributed by atoms with van der Waals surface area (Å²) < 4.78 is 19.9. The summed E-state index contributed by atoms with van der Waals surface area (Å²) in [7, 11) is 0. The number of hydrogen-bond donors (Lipinski definition) is 1. The molecule has 0 aliphatic carbocycles. The van der Waals surface area contributed by atoms with E-state index in [0.717, 1.165) is 18.4 Å². The monoisotopic (exact) mass is 434 g/mol. The van der Waals surface area contributed by atoms with Crippen LogP contribution in [0.25, 0.3) is 16.8 Å². The molecule has 1 aliphatic rings. The van der Waals surface area contributed by atoms with E-state index in [4.69, 9.17) is 4.42 Å². The van der Waals surface area contributed by atoms with Gasteiger partial charge in [-0.3, -0.25) is 4.79 Å². The third-order valence-corrected chi connectivity index (χ3v) is 5.96. The van der Waals surface area contributed by atoms with E-state index in [0.29, 0.717) is 30.4 Å². The van der Waals surface area contributed by atoms with Gasteiger partial charge in [-0.25, -0.2) is 4.39 Å². The molecule has 0 radical (unpaired) electrons. The number of aromatic nitrogens is 4. The number of carbonyl (C=O) groups excluding carboxylic acids is 1. The number of anilines is 1. The summed E-state index contributed by atoms with van der Waals surface area (Å²) in [5.74, 6) is -0.465. The van der Waals surface area contributed by atoms with Crippen LogP contribution in [0.2, 0.25) is 0 Å². The fourth-order valence-electron chi connectivity index (χ4n) is 4.30. The first-order valence-corrected chi connectivity index (χ1v) is 10.7. The number of carbonyl (C=O) groups is 1. The van der Waals surface area contributed by atoms with Gasteiger partial charge in [-0.15, -0.1) is 0 Å². The lowest BCUT2D eigenvalue weighted by Gasteiger charge is -2.40. The van der Waals surface area contributed by atoms with E-state index in [9.17, 15) is 9.18 Å². The summed E-state index contributed by atoms with van der Waals surface area (Å²) in [6.45, 7) is 3.19. The zero-order valence-electron chi connectivity index (χ0n) is 17.6. The molecule has 5 rings (SSSR count). The Bertz CT molecular complexity index is 1210. The predicted molar refractivity (Wildman–Crippen MR) is 117 cm³/mol. The fourth-order valence-corrected chi connectivity index (χ4v) is 4.30. The molecule has 3 heterocycles. The minimum atomic E-state index is -0.476. The van der Waals surface area contributed by atoms with Gasteiger partial charge in [-0.2, -0.15) is 20.0 Å². The molecule has 8 nitrogen and oxygen atoms in total. The van der Waals surface area contributed by atoms with E-state index in [2.05, 4.69) is 27.4 Å². The molecule has 2 atom stereocenters. The zero-order valence-corrected chi connectivity index (χ0v) is 17.6. The lowest BCUT2D eigenvalue weighted by atomic mass is 9.90. The highest BCUT2D eigenvalue weighted by atomic mass is 19.1. The van der Waals surface area contributed by atoms with Crippen LogP contribution < -0.4 is 5.32 Å². The number of rotatable bonds is 5. The molecule has 2 aromatic carbocycles. The SMILES string of the molecule is C[C@@H]1CCCN(C(=O)c2cc(F)ccc2-n2nccn2)[C@@H]1CNc1nc2ccccc2o1. The average molecular weight is 434 g/mol. The van der Waals surface area contributed by atoms with Crippen LogP contribution in [0.3, 0.4) is 0 Å². The number of fused-ring (bicyclic) bond motifs is 1. The molecule has 0 spiro atoms. The number of benzene rings is 2. The second kappa shape index (κ2) is 8.41. The van der Waals surface area contributed by atoms with Crippen LogP contribution in [0.5, 0.6) is 0 Å². The largest absolute Gasteiger partial charge is 0.424 e. The standard InChI is InChI=1S/C23H23FN6O2/c1-15-5-4-12-29(20(15)14-25-23-28-18-6-2-3-7-21(18)32-23)22(31)17-13-16(24)8-9-19(17)30-26-10-11-27-30/h2-3,6-11,13,15,20H,4-5,12,14H2,1H3,(H,25,28)/t15-,20-/m1/s1. The second-order valence-electron chi connectivity index (χ2n) is 8.03. The number of piperidine rings is 1. The van der Waals surface area contributed by atoms with Crippen LogP contribution in [0, 0.1) is 11.7 Å². The molecule has 1 amide bonds. The van der Waals surface area contributed by atoms with Crippen LogP contribution >= 0.6 is 0 Å². The molecule has 9 heteroatoms. The van der Waals surface area contributed by atoms with Crippen molar-refractivity contribution in [2.45, 2.75) is 25.8 Å². The third kappa shape index (κ3) is 3.81. The highest BCUT2D eigenvalue weighted by Gasteiger charge is 2.34. The van der Waals surface area contributed by atoms with Crippen molar-refractivity contribution in [2.75, 3.05) is 18.4 Å². The van der Waals surface area contributed by atoms with Gasteiger partial charge in [-0.05, 0) is 49.1 Å². The Morgan fingerprint density at radius 3 is 2.84 bits per heavy atom. The van der Waals surface area contributed by atoms with Crippen molar-refractivity contribution in [3.63, 3.8) is 0 Å². The Morgan fingerprint density at radius 1 is 1.22 bits per heavy atom. The maximum absolute atomic E-state index is 14.1. The number of oxazole rings is 1. The summed E-state index contributed by atoms with van der Waals surface area (Å²) in [6, 6.07) is 12.0. The van der Waals surface area contributed by atoms with Crippen molar-refractivity contribution in [1.29, 1.82) is 0 Å². The van der Waals surface area contributed by atoms with E-state index in [1.54, 1.807) is 0 Å². The van der Waals surface area contributed by atoms with Gasteiger partial charge < -0.3 is 14.6 Å². The van der Waals surface area contributed by atoms with Crippen molar-refractivity contribution >= 4 is 23.0 Å². The second-order valence-corrected chi connectivity index (χ2v) is 8.03. The van der Waals surface area contributed by atoms with E-state index >= 15 is 0 Å². The highest BCUT2D eigenvalue weighted by Crippen LogP contribution is 2.28. The van der Waals surface area contributed by atoms with Crippen LogP contribution in [-0.4, -0.2) is 49.9 Å². The molecular formula is C23H23FN6O2. The zero-order chi connectivity index (χ0) is 22.1. The highest BCUT2D eigenvalue weighted by molar-refractivity contribution is 5.98. The average Bonchev–Trinajstić information content (AvgIpc) is 3.47. The van der Waals surface area contributed by atoms with Crippen LogP contribution in [0.15, 0.2) is 59.3 Å². The number of hydrogen-bond acceptors (Lipinski definition) is 6. The lowest BCUT2D eigenvalue weighted by molar-refractivity contribution is 0.0538. The number of nitrogens with zero attached hydrogens (tertiary/aromatic N) is 5. The van der Waals surface area contributed by atoms with E-state index < -0.39 is 5.82 Å². The summed E-state index contributed by atoms with van der Waals surface area (Å²) >= 11 is 0. The summed E-state index contributed by atoms with van der Waals surface area (Å²) in [5.41, 5.74) is 2.17. The molecule has 0 unspecified atom stereocenters. The van der Waals surface area contributed by atoms with E-state index in [1.165, 1.54) is 35.4 Å². The summed E-state index contributed by atoms with van der Waals surface area (Å²) in [4.78, 5) is 21.2. The van der Waals surface area contributed by atoms with Crippen molar-refractivity contribution in [3.8, 4) is 5.69 Å². The molecule has 2 aromatic heterocycles. The first kappa shape index (κ1) is 20.2. The molecule has 32 heavy (non-hydrogen) atoms. The van der Waals surface area contributed by atoms with Gasteiger partial charge in [0.1, 0.15) is 11.3 Å². The fraction of sp³-hybridized carbons (Fsp3) is 0.304. The maximum Gasteiger partial charge on any atom is 0.295 e. The van der Waals surface area contributed by atoms with Gasteiger partial charge in [0.15, 0.2) is 5.58 Å². The quantitative estimate of drug-likeness (QED) is 0.513. The third-order valence-electron chi connectivity index (χ3n) is 5.96. The van der Waals surface area contributed by atoms with Gasteiger partial charge in [0, 0.05) is 13.1 Å². The molecule has 1 saturated heterocycles. The van der Waals surface area contributed by atoms with Gasteiger partial charge in [-0.1, -0.05) is 19.1 Å². The van der Waals surface area contributed by atoms with Gasteiger partial charge in [0.25, 0.3) is 11.9 Å². The van der Waals surface area contributed by atoms with Crippen LogP contribution in [0.1, 0.15) is 30.1 Å². The number of halogens is 1. The number of likely N-dealkylation sites (tertiary alicyclic amines) is 1. The smallest absolute Gasteiger partial charge is 0.295 e. The van der Waals surface area contributed by atoms with Gasteiger partial charge in [0.05, 0.1) is 29.7 Å². The molecule has 164 valence electrons. The summed E-state index contributed by atoms with van der Waals surface area (Å²) in [5, 5.41) is 11.5. The van der Waals surface area contributed by atoms with Crippen molar-refractivity contribution in [2.24, 2.45) is 5.92 Å². The van der Waals surface area contributed by atoms with E-state index in [1.807, 2.05) is 29.2 Å². The summed E-state index contributed by atoms with van der Waals surface area (Å²) in [6.07, 6.45) is 4.93. The van der Waals surface area contributed by atoms with Crippen molar-refractivity contribution in [3.05, 3.63) is 66.2 Å². The first-order valence-electron chi connectivity index (χ1n) is 10.7. The van der Waals surface area contributed by atoms with Crippen molar-refractivity contribution < 1.29 is 13.6 Å². The Morgan fingerprint density at radius 2 is 2.03 bits per heavy atom. The number of para-hydroxylation sites is 2. The molecule has 1 aliphatic heterocycles. The van der Waals surface area contributed by atoms with Crippen LogP contribution in [0.4, 0.5) is 10.4 Å². The number of nitrogens with one attached hydrogen (secondary N) is 1. The molecule has 1 fully saturated rings. The Hall–Kier alpha value is -3.75. The Balaban J connectivity index is 1.41. The molecule has 1 N–H and O–H groups in total. The Kier molecular flexibility index (Phi) is 5.30. The van der Waals surface area contributed by atoms with Crippen molar-refractivity contribution in [1.82, 2.24) is 24.9 Å².